The van der Waals surface area contributed by atoms with Gasteiger partial charge in [-0.05, 0) is 30.9 Å². The van der Waals surface area contributed by atoms with E-state index in [1.54, 1.807) is 0 Å². The Hall–Kier alpha value is -1.42. The summed E-state index contributed by atoms with van der Waals surface area (Å²) in [5.41, 5.74) is 7.21. The number of amides is 1. The van der Waals surface area contributed by atoms with Crippen molar-refractivity contribution in [1.82, 2.24) is 5.32 Å². The Kier molecular flexibility index (Phi) is 4.76. The summed E-state index contributed by atoms with van der Waals surface area (Å²) >= 11 is 5.22. The molecule has 1 aliphatic rings. The first-order valence-corrected chi connectivity index (χ1v) is 7.70. The van der Waals surface area contributed by atoms with Gasteiger partial charge in [-0.3, -0.25) is 4.79 Å². The zero-order valence-corrected chi connectivity index (χ0v) is 12.8. The Bertz CT molecular complexity index is 507. The van der Waals surface area contributed by atoms with E-state index in [0.29, 0.717) is 4.99 Å². The quantitative estimate of drug-likeness (QED) is 0.838. The van der Waals surface area contributed by atoms with Crippen LogP contribution in [0, 0.1) is 0 Å². The minimum atomic E-state index is -0.495. The molecule has 4 heteroatoms. The second-order valence-corrected chi connectivity index (χ2v) is 5.91. The van der Waals surface area contributed by atoms with Crippen molar-refractivity contribution in [2.24, 2.45) is 5.73 Å². The van der Waals surface area contributed by atoms with Gasteiger partial charge in [-0.25, -0.2) is 0 Å². The van der Waals surface area contributed by atoms with Crippen LogP contribution in [0.4, 0.5) is 0 Å². The Balaban J connectivity index is 2.22. The van der Waals surface area contributed by atoms with Crippen LogP contribution in [-0.2, 0) is 6.42 Å². The van der Waals surface area contributed by atoms with E-state index in [-0.39, 0.29) is 5.91 Å². The number of nitrogens with one attached hydrogen (secondary N) is 1. The van der Waals surface area contributed by atoms with Crippen molar-refractivity contribution in [2.75, 3.05) is 0 Å². The maximum absolute atomic E-state index is 12.6. The Labute approximate surface area is 125 Å². The lowest BCUT2D eigenvalue weighted by Gasteiger charge is -2.37. The van der Waals surface area contributed by atoms with Crippen LogP contribution >= 0.6 is 12.2 Å². The molecule has 0 spiro atoms. The summed E-state index contributed by atoms with van der Waals surface area (Å²) in [6, 6.07) is 7.70. The normalized spacial score (nSPS) is 17.4. The van der Waals surface area contributed by atoms with Gasteiger partial charge in [-0.1, -0.05) is 56.6 Å². The number of rotatable bonds is 4. The number of carbonyl (C=O) groups is 1. The highest BCUT2D eigenvalue weighted by Gasteiger charge is 2.36. The summed E-state index contributed by atoms with van der Waals surface area (Å²) in [5.74, 6) is -0.0582. The zero-order chi connectivity index (χ0) is 14.6. The number of carbonyl (C=O) groups excluding carboxylic acids is 1. The number of aryl methyl sites for hydroxylation is 1. The van der Waals surface area contributed by atoms with Crippen LogP contribution in [0.1, 0.15) is 54.9 Å². The smallest absolute Gasteiger partial charge is 0.252 e. The third-order valence-corrected chi connectivity index (χ3v) is 4.57. The van der Waals surface area contributed by atoms with E-state index in [2.05, 4.69) is 12.2 Å². The molecule has 3 nitrogen and oxygen atoms in total. The van der Waals surface area contributed by atoms with Gasteiger partial charge in [0.25, 0.3) is 5.91 Å². The lowest BCUT2D eigenvalue weighted by atomic mass is 9.81. The summed E-state index contributed by atoms with van der Waals surface area (Å²) in [6.07, 6.45) is 5.85. The van der Waals surface area contributed by atoms with Gasteiger partial charge in [0.15, 0.2) is 0 Å². The molecule has 1 fully saturated rings. The molecule has 0 unspecified atom stereocenters. The molecular weight excluding hydrogens is 268 g/mol. The molecule has 0 aromatic heterocycles. The molecule has 108 valence electrons. The molecule has 1 aliphatic carbocycles. The van der Waals surface area contributed by atoms with Gasteiger partial charge >= 0.3 is 0 Å². The van der Waals surface area contributed by atoms with Crippen LogP contribution in [0.15, 0.2) is 24.3 Å². The molecular formula is C16H22N2OS. The van der Waals surface area contributed by atoms with Gasteiger partial charge in [0.05, 0.1) is 10.5 Å². The second kappa shape index (κ2) is 6.35. The van der Waals surface area contributed by atoms with Gasteiger partial charge in [-0.2, -0.15) is 0 Å². The van der Waals surface area contributed by atoms with E-state index in [9.17, 15) is 4.79 Å². The first-order valence-electron chi connectivity index (χ1n) is 7.29. The van der Waals surface area contributed by atoms with E-state index in [1.165, 1.54) is 6.42 Å². The summed E-state index contributed by atoms with van der Waals surface area (Å²) in [4.78, 5) is 13.0. The standard InChI is InChI=1S/C16H22N2OS/c1-2-12-8-4-5-9-13(12)14(19)18-16(15(17)20)10-6-3-7-11-16/h4-5,8-9H,2-3,6-7,10-11H2,1H3,(H2,17,20)(H,18,19). The van der Waals surface area contributed by atoms with E-state index in [4.69, 9.17) is 18.0 Å². The molecule has 1 amide bonds. The number of nitrogens with two attached hydrogens (primary N) is 1. The van der Waals surface area contributed by atoms with Crippen molar-refractivity contribution < 1.29 is 4.79 Å². The van der Waals surface area contributed by atoms with Gasteiger partial charge in [0, 0.05) is 5.56 Å². The highest BCUT2D eigenvalue weighted by atomic mass is 32.1. The average Bonchev–Trinajstić information content (AvgIpc) is 2.48. The molecule has 0 radical (unpaired) electrons. The summed E-state index contributed by atoms with van der Waals surface area (Å²) < 4.78 is 0. The SMILES string of the molecule is CCc1ccccc1C(=O)NC1(C(N)=S)CCCCC1. The van der Waals surface area contributed by atoms with E-state index in [0.717, 1.165) is 43.2 Å². The summed E-state index contributed by atoms with van der Waals surface area (Å²) in [7, 11) is 0. The van der Waals surface area contributed by atoms with Crippen molar-refractivity contribution in [3.63, 3.8) is 0 Å². The van der Waals surface area contributed by atoms with Gasteiger partial charge < -0.3 is 11.1 Å². The predicted octanol–water partition coefficient (Wildman–Crippen LogP) is 2.97. The molecule has 0 bridgehead atoms. The van der Waals surface area contributed by atoms with E-state index < -0.39 is 5.54 Å². The van der Waals surface area contributed by atoms with Crippen LogP contribution in [0.2, 0.25) is 0 Å². The van der Waals surface area contributed by atoms with Gasteiger partial charge in [0.1, 0.15) is 0 Å². The molecule has 1 aromatic carbocycles. The molecule has 0 heterocycles. The Morgan fingerprint density at radius 3 is 2.55 bits per heavy atom. The highest BCUT2D eigenvalue weighted by Crippen LogP contribution is 2.29. The Morgan fingerprint density at radius 2 is 1.95 bits per heavy atom. The number of benzene rings is 1. The van der Waals surface area contributed by atoms with Crippen LogP contribution in [0.3, 0.4) is 0 Å². The highest BCUT2D eigenvalue weighted by molar-refractivity contribution is 7.80. The molecule has 20 heavy (non-hydrogen) atoms. The molecule has 1 saturated carbocycles. The predicted molar refractivity (Wildman–Crippen MR) is 85.9 cm³/mol. The Morgan fingerprint density at radius 1 is 1.30 bits per heavy atom. The molecule has 2 rings (SSSR count). The van der Waals surface area contributed by atoms with Gasteiger partial charge in [-0.15, -0.1) is 0 Å². The lowest BCUT2D eigenvalue weighted by Crippen LogP contribution is -2.57. The van der Waals surface area contributed by atoms with Crippen molar-refractivity contribution in [3.8, 4) is 0 Å². The maximum Gasteiger partial charge on any atom is 0.252 e. The minimum absolute atomic E-state index is 0.0582. The van der Waals surface area contributed by atoms with Crippen molar-refractivity contribution in [3.05, 3.63) is 35.4 Å². The fourth-order valence-electron chi connectivity index (χ4n) is 2.92. The second-order valence-electron chi connectivity index (χ2n) is 5.47. The first-order chi connectivity index (χ1) is 9.59. The molecule has 3 N–H and O–H groups in total. The van der Waals surface area contributed by atoms with Crippen molar-refractivity contribution in [1.29, 1.82) is 0 Å². The fraction of sp³-hybridized carbons (Fsp3) is 0.500. The van der Waals surface area contributed by atoms with Crippen molar-refractivity contribution in [2.45, 2.75) is 51.0 Å². The van der Waals surface area contributed by atoms with Crippen LogP contribution in [0.25, 0.3) is 0 Å². The third kappa shape index (κ3) is 3.01. The topological polar surface area (TPSA) is 55.1 Å². The summed E-state index contributed by atoms with van der Waals surface area (Å²) in [6.45, 7) is 2.05. The van der Waals surface area contributed by atoms with Crippen LogP contribution in [-0.4, -0.2) is 16.4 Å². The lowest BCUT2D eigenvalue weighted by molar-refractivity contribution is 0.0907. The minimum Gasteiger partial charge on any atom is -0.391 e. The molecule has 0 saturated heterocycles. The number of hydrogen-bond acceptors (Lipinski definition) is 2. The maximum atomic E-state index is 12.6. The monoisotopic (exact) mass is 290 g/mol. The van der Waals surface area contributed by atoms with Crippen molar-refractivity contribution >= 4 is 23.1 Å². The average molecular weight is 290 g/mol. The van der Waals surface area contributed by atoms with Crippen LogP contribution in [0.5, 0.6) is 0 Å². The largest absolute Gasteiger partial charge is 0.391 e. The van der Waals surface area contributed by atoms with E-state index >= 15 is 0 Å². The zero-order valence-electron chi connectivity index (χ0n) is 11.9. The molecule has 1 aromatic rings. The molecule has 0 aliphatic heterocycles. The van der Waals surface area contributed by atoms with E-state index in [1.807, 2.05) is 24.3 Å². The summed E-state index contributed by atoms with van der Waals surface area (Å²) in [5, 5.41) is 3.12. The van der Waals surface area contributed by atoms with Gasteiger partial charge in [0.2, 0.25) is 0 Å². The van der Waals surface area contributed by atoms with Crippen LogP contribution < -0.4 is 11.1 Å². The fourth-order valence-corrected chi connectivity index (χ4v) is 3.18. The number of hydrogen-bond donors (Lipinski definition) is 2. The molecule has 0 atom stereocenters. The first kappa shape index (κ1) is 15.0. The third-order valence-electron chi connectivity index (χ3n) is 4.17. The number of thiocarbonyl (C=S) groups is 1.